The predicted molar refractivity (Wildman–Crippen MR) is 116 cm³/mol. The van der Waals surface area contributed by atoms with E-state index in [-0.39, 0.29) is 36.6 Å². The Bertz CT molecular complexity index is 1220. The van der Waals surface area contributed by atoms with Gasteiger partial charge in [0.05, 0.1) is 22.6 Å². The summed E-state index contributed by atoms with van der Waals surface area (Å²) in [7, 11) is 0. The molecule has 1 aliphatic carbocycles. The number of hydrogen-bond acceptors (Lipinski definition) is 5. The van der Waals surface area contributed by atoms with Crippen LogP contribution in [0, 0.1) is 5.92 Å². The van der Waals surface area contributed by atoms with E-state index < -0.39 is 18.1 Å². The van der Waals surface area contributed by atoms with E-state index in [1.54, 1.807) is 34.7 Å². The molecule has 3 aromatic rings. The number of allylic oxidation sites excluding steroid dienone is 1. The molecule has 0 saturated heterocycles. The number of aromatic nitrogens is 4. The Balaban J connectivity index is 1.53. The molecule has 1 fully saturated rings. The topological polar surface area (TPSA) is 81.3 Å². The van der Waals surface area contributed by atoms with Gasteiger partial charge in [-0.15, -0.1) is 16.8 Å². The monoisotopic (exact) mass is 465 g/mol. The van der Waals surface area contributed by atoms with Crippen molar-refractivity contribution in [3.05, 3.63) is 47.3 Å². The van der Waals surface area contributed by atoms with E-state index in [0.29, 0.717) is 34.7 Å². The number of nitrogens with zero attached hydrogens (tertiary/aromatic N) is 4. The van der Waals surface area contributed by atoms with E-state index >= 15 is 0 Å². The zero-order chi connectivity index (χ0) is 22.9. The average Bonchev–Trinajstić information content (AvgIpc) is 3.19. The number of benzene rings is 1. The summed E-state index contributed by atoms with van der Waals surface area (Å²) in [6.45, 7) is 3.93. The smallest absolute Gasteiger partial charge is 0.353 e. The molecule has 0 bridgehead atoms. The van der Waals surface area contributed by atoms with E-state index in [2.05, 4.69) is 22.1 Å². The quantitative estimate of drug-likeness (QED) is 0.445. The van der Waals surface area contributed by atoms with E-state index in [1.807, 2.05) is 0 Å². The summed E-state index contributed by atoms with van der Waals surface area (Å²) in [4.78, 5) is 25.3. The first-order valence-corrected chi connectivity index (χ1v) is 11.2. The van der Waals surface area contributed by atoms with E-state index in [0.717, 1.165) is 11.8 Å². The number of thioether (sulfide) groups is 1. The van der Waals surface area contributed by atoms with Gasteiger partial charge < -0.3 is 5.32 Å². The second-order valence-corrected chi connectivity index (χ2v) is 8.74. The van der Waals surface area contributed by atoms with Crippen molar-refractivity contribution < 1.29 is 18.0 Å². The molecule has 1 amide bonds. The summed E-state index contributed by atoms with van der Waals surface area (Å²) in [6, 6.07) is 6.54. The van der Waals surface area contributed by atoms with Gasteiger partial charge in [0.25, 0.3) is 5.56 Å². The second-order valence-electron chi connectivity index (χ2n) is 7.80. The first-order valence-electron chi connectivity index (χ1n) is 10.3. The number of carbonyl (C=O) groups is 1. The first-order chi connectivity index (χ1) is 15.3. The number of alkyl halides is 3. The lowest BCUT2D eigenvalue weighted by Gasteiger charge is -2.30. The molecular formula is C21H22F3N5O2S. The summed E-state index contributed by atoms with van der Waals surface area (Å²) in [5.41, 5.74) is 0.396. The van der Waals surface area contributed by atoms with E-state index in [9.17, 15) is 22.8 Å². The number of amides is 1. The fourth-order valence-corrected chi connectivity index (χ4v) is 4.89. The minimum Gasteiger partial charge on any atom is -0.353 e. The molecule has 0 spiro atoms. The molecule has 4 rings (SSSR count). The van der Waals surface area contributed by atoms with Crippen molar-refractivity contribution in [1.29, 1.82) is 0 Å². The molecular weight excluding hydrogens is 443 g/mol. The van der Waals surface area contributed by atoms with Gasteiger partial charge in [0, 0.05) is 12.6 Å². The molecule has 0 aliphatic heterocycles. The molecule has 2 aromatic heterocycles. The van der Waals surface area contributed by atoms with Crippen molar-refractivity contribution in [1.82, 2.24) is 24.5 Å². The van der Waals surface area contributed by atoms with Gasteiger partial charge in [-0.25, -0.2) is 0 Å². The molecule has 11 heteroatoms. The maximum absolute atomic E-state index is 13.0. The van der Waals surface area contributed by atoms with Crippen molar-refractivity contribution in [2.24, 2.45) is 5.92 Å². The van der Waals surface area contributed by atoms with Crippen molar-refractivity contribution >= 4 is 34.3 Å². The SMILES string of the molecule is C=CCn1c(=O)c2ccccc2n2c(SCC(=O)NC3CCCC(C(F)(F)F)C3)nnc12. The molecule has 2 atom stereocenters. The van der Waals surface area contributed by atoms with Gasteiger partial charge >= 0.3 is 6.18 Å². The molecule has 1 aromatic carbocycles. The molecule has 7 nitrogen and oxygen atoms in total. The third-order valence-electron chi connectivity index (χ3n) is 5.62. The number of fused-ring (bicyclic) bond motifs is 3. The number of para-hydroxylation sites is 1. The number of rotatable bonds is 6. The zero-order valence-corrected chi connectivity index (χ0v) is 18.0. The molecule has 2 unspecified atom stereocenters. The third-order valence-corrected chi connectivity index (χ3v) is 6.55. The molecule has 1 saturated carbocycles. The van der Waals surface area contributed by atoms with Crippen LogP contribution in [0.4, 0.5) is 13.2 Å². The Morgan fingerprint density at radius 3 is 2.81 bits per heavy atom. The maximum Gasteiger partial charge on any atom is 0.391 e. The summed E-state index contributed by atoms with van der Waals surface area (Å²) in [6.07, 6.45) is -1.66. The predicted octanol–water partition coefficient (Wildman–Crippen LogP) is 3.56. The number of nitrogens with one attached hydrogen (secondary N) is 1. The Kier molecular flexibility index (Phi) is 6.27. The maximum atomic E-state index is 13.0. The van der Waals surface area contributed by atoms with Crippen LogP contribution >= 0.6 is 11.8 Å². The van der Waals surface area contributed by atoms with Gasteiger partial charge in [0.15, 0.2) is 5.16 Å². The Morgan fingerprint density at radius 2 is 2.06 bits per heavy atom. The minimum absolute atomic E-state index is 0.0249. The van der Waals surface area contributed by atoms with E-state index in [4.69, 9.17) is 0 Å². The van der Waals surface area contributed by atoms with Gasteiger partial charge in [-0.1, -0.05) is 36.4 Å². The lowest BCUT2D eigenvalue weighted by atomic mass is 9.85. The molecule has 0 radical (unpaired) electrons. The van der Waals surface area contributed by atoms with Crippen LogP contribution in [0.15, 0.2) is 46.9 Å². The first kappa shape index (κ1) is 22.4. The Morgan fingerprint density at radius 1 is 1.28 bits per heavy atom. The summed E-state index contributed by atoms with van der Waals surface area (Å²) < 4.78 is 42.2. The average molecular weight is 466 g/mol. The molecule has 2 heterocycles. The zero-order valence-electron chi connectivity index (χ0n) is 17.1. The Hall–Kier alpha value is -2.82. The second kappa shape index (κ2) is 8.97. The normalized spacial score (nSPS) is 19.3. The van der Waals surface area contributed by atoms with Crippen LogP contribution in [-0.4, -0.2) is 43.0 Å². The van der Waals surface area contributed by atoms with Gasteiger partial charge in [0.1, 0.15) is 0 Å². The summed E-state index contributed by atoms with van der Waals surface area (Å²) in [5, 5.41) is 11.9. The van der Waals surface area contributed by atoms with Gasteiger partial charge in [0.2, 0.25) is 11.7 Å². The van der Waals surface area contributed by atoms with Crippen molar-refractivity contribution in [2.75, 3.05) is 5.75 Å². The highest BCUT2D eigenvalue weighted by Gasteiger charge is 2.42. The molecule has 1 aliphatic rings. The lowest BCUT2D eigenvalue weighted by Crippen LogP contribution is -2.42. The van der Waals surface area contributed by atoms with E-state index in [1.165, 1.54) is 4.57 Å². The standard InChI is InChI=1S/C21H22F3N5O2S/c1-2-10-28-18(31)15-8-3-4-9-16(15)29-19(28)26-27-20(29)32-12-17(30)25-14-7-5-6-13(11-14)21(22,23)24/h2-4,8-9,13-14H,1,5-7,10-12H2,(H,25,30). The van der Waals surface area contributed by atoms with Crippen LogP contribution in [0.1, 0.15) is 25.7 Å². The highest BCUT2D eigenvalue weighted by molar-refractivity contribution is 7.99. The van der Waals surface area contributed by atoms with Crippen molar-refractivity contribution in [3.63, 3.8) is 0 Å². The fourth-order valence-electron chi connectivity index (χ4n) is 4.14. The van der Waals surface area contributed by atoms with Gasteiger partial charge in [-0.2, -0.15) is 13.2 Å². The minimum atomic E-state index is -4.24. The molecule has 1 N–H and O–H groups in total. The summed E-state index contributed by atoms with van der Waals surface area (Å²) >= 11 is 1.12. The van der Waals surface area contributed by atoms with Gasteiger partial charge in [-0.3, -0.25) is 18.6 Å². The van der Waals surface area contributed by atoms with Crippen LogP contribution in [0.3, 0.4) is 0 Å². The fraction of sp³-hybridized carbons (Fsp3) is 0.429. The highest BCUT2D eigenvalue weighted by Crippen LogP contribution is 2.37. The number of carbonyl (C=O) groups excluding carboxylic acids is 1. The van der Waals surface area contributed by atoms with Crippen LogP contribution in [0.25, 0.3) is 16.7 Å². The summed E-state index contributed by atoms with van der Waals surface area (Å²) in [5.74, 6) is -1.43. The largest absolute Gasteiger partial charge is 0.391 e. The van der Waals surface area contributed by atoms with Crippen molar-refractivity contribution in [3.8, 4) is 0 Å². The van der Waals surface area contributed by atoms with Crippen LogP contribution < -0.4 is 10.9 Å². The number of halogens is 3. The van der Waals surface area contributed by atoms with Crippen LogP contribution in [0.5, 0.6) is 0 Å². The Labute approximate surface area is 185 Å². The highest BCUT2D eigenvalue weighted by atomic mass is 32.2. The molecule has 170 valence electrons. The molecule has 32 heavy (non-hydrogen) atoms. The lowest BCUT2D eigenvalue weighted by molar-refractivity contribution is -0.184. The van der Waals surface area contributed by atoms with Gasteiger partial charge in [-0.05, 0) is 31.4 Å². The number of hydrogen-bond donors (Lipinski definition) is 1. The van der Waals surface area contributed by atoms with Crippen LogP contribution in [0.2, 0.25) is 0 Å². The van der Waals surface area contributed by atoms with Crippen molar-refractivity contribution in [2.45, 2.75) is 49.6 Å². The van der Waals surface area contributed by atoms with Crippen LogP contribution in [-0.2, 0) is 11.3 Å². The third kappa shape index (κ3) is 4.38.